The monoisotopic (exact) mass is 476 g/mol. The van der Waals surface area contributed by atoms with Crippen molar-refractivity contribution in [2.45, 2.75) is 61.2 Å². The van der Waals surface area contributed by atoms with E-state index in [1.54, 1.807) is 19.2 Å². The van der Waals surface area contributed by atoms with Crippen LogP contribution in [0.3, 0.4) is 0 Å². The Hall–Kier alpha value is -0.850. The molecule has 0 aliphatic carbocycles. The SMILES string of the molecule is CC1(C)S[C@@H]2[C@H](NC(=O)C(CC3CCCOC3)c3csc(N)n3)C(=O)N2[C@H]1C(=O)[O-].[Na+]. The van der Waals surface area contributed by atoms with E-state index in [0.717, 1.165) is 19.4 Å². The molecule has 3 aliphatic rings. The summed E-state index contributed by atoms with van der Waals surface area (Å²) in [6.07, 6.45) is 2.48. The largest absolute Gasteiger partial charge is 1.00 e. The van der Waals surface area contributed by atoms with Gasteiger partial charge in [0.25, 0.3) is 0 Å². The topological polar surface area (TPSA) is 138 Å². The van der Waals surface area contributed by atoms with E-state index < -0.39 is 40.0 Å². The number of thiazole rings is 1. The number of hydrogen-bond acceptors (Lipinski definition) is 9. The first-order valence-corrected chi connectivity index (χ1v) is 11.7. The number of aliphatic carboxylic acids is 1. The van der Waals surface area contributed by atoms with Crippen molar-refractivity contribution in [1.82, 2.24) is 15.2 Å². The van der Waals surface area contributed by atoms with Crippen LogP contribution in [0.4, 0.5) is 5.13 Å². The first kappa shape index (κ1) is 24.8. The standard InChI is InChI=1S/C19H26N4O5S2.Na/c1-19(2)13(17(26)27)23-15(25)12(16(23)30-19)22-14(24)10(11-8-29-18(20)21-11)6-9-4-3-5-28-7-9;/h8-10,12-13,16H,3-7H2,1-2H3,(H2,20,21)(H,22,24)(H,26,27);/q;+1/p-1/t9?,10?,12-,13+,16-;/m1./s1. The van der Waals surface area contributed by atoms with Gasteiger partial charge < -0.3 is 30.6 Å². The Morgan fingerprint density at radius 1 is 1.48 bits per heavy atom. The number of ether oxygens (including phenoxy) is 1. The molecule has 4 rings (SSSR count). The summed E-state index contributed by atoms with van der Waals surface area (Å²) in [6, 6.07) is -1.77. The first-order valence-electron chi connectivity index (χ1n) is 9.99. The van der Waals surface area contributed by atoms with Crippen molar-refractivity contribution in [3.05, 3.63) is 11.1 Å². The van der Waals surface area contributed by atoms with Crippen LogP contribution in [0.25, 0.3) is 0 Å². The molecule has 9 nitrogen and oxygen atoms in total. The molecule has 0 bridgehead atoms. The van der Waals surface area contributed by atoms with Gasteiger partial charge in [0.05, 0.1) is 23.6 Å². The zero-order valence-corrected chi connectivity index (χ0v) is 21.5. The minimum absolute atomic E-state index is 0. The number of nitrogens with zero attached hydrogens (tertiary/aromatic N) is 2. The Labute approximate surface area is 211 Å². The Morgan fingerprint density at radius 3 is 2.81 bits per heavy atom. The van der Waals surface area contributed by atoms with E-state index in [1.165, 1.54) is 28.0 Å². The van der Waals surface area contributed by atoms with Gasteiger partial charge in [-0.2, -0.15) is 0 Å². The van der Waals surface area contributed by atoms with Crippen LogP contribution in [0.1, 0.15) is 44.7 Å². The number of nitrogens with one attached hydrogen (secondary N) is 1. The molecule has 1 aromatic rings. The summed E-state index contributed by atoms with van der Waals surface area (Å²) in [4.78, 5) is 43.1. The van der Waals surface area contributed by atoms with Gasteiger partial charge in [-0.1, -0.05) is 0 Å². The molecule has 12 heteroatoms. The fourth-order valence-electron chi connectivity index (χ4n) is 4.53. The van der Waals surface area contributed by atoms with Gasteiger partial charge in [0.1, 0.15) is 11.4 Å². The summed E-state index contributed by atoms with van der Waals surface area (Å²) in [5.74, 6) is -2.27. The minimum Gasteiger partial charge on any atom is -0.548 e. The van der Waals surface area contributed by atoms with E-state index in [2.05, 4.69) is 10.3 Å². The third-order valence-corrected chi connectivity index (χ3v) is 8.26. The average molecular weight is 477 g/mol. The number of rotatable bonds is 6. The van der Waals surface area contributed by atoms with E-state index in [4.69, 9.17) is 10.5 Å². The van der Waals surface area contributed by atoms with Crippen LogP contribution in [-0.4, -0.2) is 63.1 Å². The smallest absolute Gasteiger partial charge is 0.548 e. The van der Waals surface area contributed by atoms with E-state index in [0.29, 0.717) is 23.9 Å². The molecule has 3 N–H and O–H groups in total. The Balaban J connectivity index is 0.00000272. The molecule has 5 atom stereocenters. The van der Waals surface area contributed by atoms with Gasteiger partial charge in [0, 0.05) is 23.3 Å². The summed E-state index contributed by atoms with van der Waals surface area (Å²) in [5, 5.41) is 16.2. The Bertz CT molecular complexity index is 860. The number of nitrogens with two attached hydrogens (primary N) is 1. The molecule has 0 saturated carbocycles. The number of β-lactam (4-membered cyclic amide) rings is 1. The zero-order valence-electron chi connectivity index (χ0n) is 17.8. The molecule has 1 aromatic heterocycles. The summed E-state index contributed by atoms with van der Waals surface area (Å²) in [5.41, 5.74) is 6.37. The normalized spacial score (nSPS) is 30.0. The Morgan fingerprint density at radius 2 is 2.23 bits per heavy atom. The Kier molecular flexibility index (Phi) is 7.65. The van der Waals surface area contributed by atoms with Gasteiger partial charge in [0.2, 0.25) is 11.8 Å². The number of carbonyl (C=O) groups is 3. The van der Waals surface area contributed by atoms with Crippen LogP contribution in [0, 0.1) is 5.92 Å². The third kappa shape index (κ3) is 4.77. The van der Waals surface area contributed by atoms with Crippen molar-refractivity contribution in [2.75, 3.05) is 18.9 Å². The second-order valence-electron chi connectivity index (χ2n) is 8.55. The second-order valence-corrected chi connectivity index (χ2v) is 11.2. The molecule has 2 unspecified atom stereocenters. The maximum Gasteiger partial charge on any atom is 1.00 e. The summed E-state index contributed by atoms with van der Waals surface area (Å²) >= 11 is 2.65. The molecule has 3 saturated heterocycles. The van der Waals surface area contributed by atoms with Crippen LogP contribution >= 0.6 is 23.1 Å². The van der Waals surface area contributed by atoms with Crippen molar-refractivity contribution in [3.8, 4) is 0 Å². The van der Waals surface area contributed by atoms with Crippen LogP contribution in [0.2, 0.25) is 0 Å². The number of carboxylic acids is 1. The predicted octanol–water partition coefficient (Wildman–Crippen LogP) is -3.07. The molecule has 0 radical (unpaired) electrons. The number of hydrogen-bond donors (Lipinski definition) is 2. The molecule has 0 aromatic carbocycles. The predicted molar refractivity (Wildman–Crippen MR) is 110 cm³/mol. The molecule has 4 heterocycles. The van der Waals surface area contributed by atoms with Crippen molar-refractivity contribution in [1.29, 1.82) is 0 Å². The van der Waals surface area contributed by atoms with Gasteiger partial charge in [-0.25, -0.2) is 4.98 Å². The number of fused-ring (bicyclic) bond motifs is 1. The van der Waals surface area contributed by atoms with Crippen LogP contribution in [0.5, 0.6) is 0 Å². The number of anilines is 1. The van der Waals surface area contributed by atoms with Crippen LogP contribution in [0.15, 0.2) is 5.38 Å². The number of nitrogen functional groups attached to an aromatic ring is 1. The number of aromatic nitrogens is 1. The number of carboxylic acid groups (broad SMARTS) is 1. The molecular formula is C19H25N4NaO5S2. The minimum atomic E-state index is -1.28. The van der Waals surface area contributed by atoms with Crippen molar-refractivity contribution in [2.24, 2.45) is 5.92 Å². The fraction of sp³-hybridized carbons (Fsp3) is 0.684. The first-order chi connectivity index (χ1) is 14.2. The van der Waals surface area contributed by atoms with Gasteiger partial charge in [0.15, 0.2) is 5.13 Å². The van der Waals surface area contributed by atoms with Crippen LogP contribution < -0.4 is 45.7 Å². The van der Waals surface area contributed by atoms with Gasteiger partial charge >= 0.3 is 29.6 Å². The summed E-state index contributed by atoms with van der Waals surface area (Å²) < 4.78 is 4.85. The molecule has 2 amide bonds. The van der Waals surface area contributed by atoms with E-state index in [1.807, 2.05) is 0 Å². The maximum absolute atomic E-state index is 13.2. The second kappa shape index (κ2) is 9.56. The molecule has 3 aliphatic heterocycles. The van der Waals surface area contributed by atoms with Gasteiger partial charge in [-0.05, 0) is 39.0 Å². The summed E-state index contributed by atoms with van der Waals surface area (Å²) in [7, 11) is 0. The molecule has 3 fully saturated rings. The summed E-state index contributed by atoms with van der Waals surface area (Å²) in [6.45, 7) is 4.87. The quantitative estimate of drug-likeness (QED) is 0.326. The molecule has 0 spiro atoms. The van der Waals surface area contributed by atoms with Gasteiger partial charge in [-0.3, -0.25) is 9.59 Å². The van der Waals surface area contributed by atoms with Gasteiger partial charge in [-0.15, -0.1) is 23.1 Å². The number of amides is 2. The van der Waals surface area contributed by atoms with Crippen molar-refractivity contribution >= 4 is 46.0 Å². The van der Waals surface area contributed by atoms with Crippen LogP contribution in [-0.2, 0) is 19.1 Å². The van der Waals surface area contributed by atoms with Crippen molar-refractivity contribution < 1.29 is 53.8 Å². The average Bonchev–Trinajstić information content (AvgIpc) is 3.23. The molecule has 31 heavy (non-hydrogen) atoms. The van der Waals surface area contributed by atoms with E-state index in [9.17, 15) is 19.5 Å². The third-order valence-electron chi connectivity index (χ3n) is 6.00. The zero-order chi connectivity index (χ0) is 21.6. The molecular weight excluding hydrogens is 451 g/mol. The molecule has 164 valence electrons. The fourth-order valence-corrected chi connectivity index (χ4v) is 6.77. The maximum atomic E-state index is 13.2. The number of thioether (sulfide) groups is 1. The number of carbonyl (C=O) groups excluding carboxylic acids is 3. The van der Waals surface area contributed by atoms with E-state index in [-0.39, 0.29) is 41.4 Å². The van der Waals surface area contributed by atoms with Crippen molar-refractivity contribution in [3.63, 3.8) is 0 Å². The van der Waals surface area contributed by atoms with E-state index >= 15 is 0 Å².